The highest BCUT2D eigenvalue weighted by Crippen LogP contribution is 2.16. The summed E-state index contributed by atoms with van der Waals surface area (Å²) in [6.07, 6.45) is 0. The molecule has 2 heteroatoms. The van der Waals surface area contributed by atoms with Gasteiger partial charge < -0.3 is 4.74 Å². The molecule has 0 fully saturated rings. The van der Waals surface area contributed by atoms with E-state index >= 15 is 0 Å². The van der Waals surface area contributed by atoms with Crippen molar-refractivity contribution < 1.29 is 4.74 Å². The molecule has 0 aliphatic rings. The predicted molar refractivity (Wildman–Crippen MR) is 34.3 cm³/mol. The van der Waals surface area contributed by atoms with Crippen LogP contribution >= 0.6 is 11.3 Å². The van der Waals surface area contributed by atoms with Gasteiger partial charge in [-0.2, -0.15) is 0 Å². The molecule has 0 aliphatic carbocycles. The highest BCUT2D eigenvalue weighted by molar-refractivity contribution is 7.11. The molecule has 1 radical (unpaired) electrons. The Labute approximate surface area is 52.9 Å². The van der Waals surface area contributed by atoms with Gasteiger partial charge in [0.1, 0.15) is 0 Å². The highest BCUT2D eigenvalue weighted by atomic mass is 32.1. The van der Waals surface area contributed by atoms with Crippen LogP contribution in [0, 0.1) is 5.38 Å². The van der Waals surface area contributed by atoms with E-state index in [-0.39, 0.29) is 0 Å². The normalized spacial score (nSPS) is 9.12. The lowest BCUT2D eigenvalue weighted by atomic mass is 10.6. The molecule has 0 aliphatic heterocycles. The van der Waals surface area contributed by atoms with E-state index in [4.69, 9.17) is 4.74 Å². The molecule has 0 amide bonds. The SMILES string of the molecule is CCOc1cc[c]s1. The van der Waals surface area contributed by atoms with Crippen molar-refractivity contribution >= 4 is 11.3 Å². The van der Waals surface area contributed by atoms with Gasteiger partial charge in [-0.05, 0) is 19.1 Å². The Morgan fingerprint density at radius 2 is 2.75 bits per heavy atom. The molecule has 1 aromatic rings. The van der Waals surface area contributed by atoms with Crippen LogP contribution in [0.2, 0.25) is 0 Å². The van der Waals surface area contributed by atoms with E-state index in [9.17, 15) is 0 Å². The van der Waals surface area contributed by atoms with Crippen LogP contribution in [0.1, 0.15) is 6.92 Å². The second-order valence-electron chi connectivity index (χ2n) is 1.31. The Morgan fingerprint density at radius 3 is 3.25 bits per heavy atom. The zero-order valence-electron chi connectivity index (χ0n) is 4.68. The van der Waals surface area contributed by atoms with Crippen LogP contribution in [0.15, 0.2) is 12.1 Å². The van der Waals surface area contributed by atoms with Gasteiger partial charge in [-0.1, -0.05) is 11.3 Å². The van der Waals surface area contributed by atoms with Gasteiger partial charge in [-0.3, -0.25) is 0 Å². The summed E-state index contributed by atoms with van der Waals surface area (Å²) in [5.41, 5.74) is 0. The van der Waals surface area contributed by atoms with Crippen molar-refractivity contribution in [2.75, 3.05) is 6.61 Å². The fourth-order valence-electron chi connectivity index (χ4n) is 0.448. The predicted octanol–water partition coefficient (Wildman–Crippen LogP) is 1.95. The maximum absolute atomic E-state index is 5.13. The van der Waals surface area contributed by atoms with E-state index in [0.29, 0.717) is 0 Å². The number of rotatable bonds is 2. The van der Waals surface area contributed by atoms with Crippen molar-refractivity contribution in [1.82, 2.24) is 0 Å². The molecule has 1 aromatic heterocycles. The van der Waals surface area contributed by atoms with Gasteiger partial charge in [0.05, 0.1) is 6.61 Å². The molecule has 1 nitrogen and oxygen atoms in total. The quantitative estimate of drug-likeness (QED) is 0.590. The summed E-state index contributed by atoms with van der Waals surface area (Å²) in [6.45, 7) is 2.72. The summed E-state index contributed by atoms with van der Waals surface area (Å²) in [7, 11) is 0. The zero-order chi connectivity index (χ0) is 5.82. The van der Waals surface area contributed by atoms with E-state index in [0.717, 1.165) is 11.7 Å². The minimum absolute atomic E-state index is 0.744. The molecule has 1 rings (SSSR count). The van der Waals surface area contributed by atoms with Crippen molar-refractivity contribution in [2.45, 2.75) is 6.92 Å². The van der Waals surface area contributed by atoms with Gasteiger partial charge in [0.2, 0.25) is 0 Å². The first-order valence-corrected chi connectivity index (χ1v) is 3.34. The largest absolute Gasteiger partial charge is 0.484 e. The molecular formula is C6H7OS. The van der Waals surface area contributed by atoms with Crippen molar-refractivity contribution in [3.8, 4) is 5.06 Å². The van der Waals surface area contributed by atoms with Crippen LogP contribution in [0.5, 0.6) is 5.06 Å². The Bertz CT molecular complexity index is 134. The Hall–Kier alpha value is -0.500. The van der Waals surface area contributed by atoms with Crippen LogP contribution < -0.4 is 4.74 Å². The molecule has 8 heavy (non-hydrogen) atoms. The molecule has 0 unspecified atom stereocenters. The highest BCUT2D eigenvalue weighted by Gasteiger charge is 1.87. The molecular weight excluding hydrogens is 120 g/mol. The van der Waals surface area contributed by atoms with Crippen LogP contribution in [0.3, 0.4) is 0 Å². The van der Waals surface area contributed by atoms with Crippen molar-refractivity contribution in [3.63, 3.8) is 0 Å². The first kappa shape index (κ1) is 5.63. The van der Waals surface area contributed by atoms with E-state index < -0.39 is 0 Å². The van der Waals surface area contributed by atoms with Crippen molar-refractivity contribution in [2.24, 2.45) is 0 Å². The summed E-state index contributed by atoms with van der Waals surface area (Å²) >= 11 is 1.50. The third-order valence-corrected chi connectivity index (χ3v) is 1.44. The molecule has 1 heterocycles. The van der Waals surface area contributed by atoms with Gasteiger partial charge >= 0.3 is 0 Å². The van der Waals surface area contributed by atoms with Gasteiger partial charge in [0, 0.05) is 5.38 Å². The fraction of sp³-hybridized carbons (Fsp3) is 0.333. The molecule has 0 bridgehead atoms. The average molecular weight is 127 g/mol. The van der Waals surface area contributed by atoms with Crippen LogP contribution in [0.4, 0.5) is 0 Å². The Kier molecular flexibility index (Phi) is 1.92. The van der Waals surface area contributed by atoms with E-state index in [1.165, 1.54) is 11.3 Å². The fourth-order valence-corrected chi connectivity index (χ4v) is 1.01. The van der Waals surface area contributed by atoms with Crippen molar-refractivity contribution in [1.29, 1.82) is 0 Å². The summed E-state index contributed by atoms with van der Waals surface area (Å²) in [5.74, 6) is 0. The van der Waals surface area contributed by atoms with E-state index in [2.05, 4.69) is 5.38 Å². The maximum Gasteiger partial charge on any atom is 0.174 e. The third-order valence-electron chi connectivity index (χ3n) is 0.734. The summed E-state index contributed by atoms with van der Waals surface area (Å²) in [6, 6.07) is 3.77. The molecule has 0 N–H and O–H groups in total. The Morgan fingerprint density at radius 1 is 1.88 bits per heavy atom. The van der Waals surface area contributed by atoms with Crippen LogP contribution in [-0.2, 0) is 0 Å². The zero-order valence-corrected chi connectivity index (χ0v) is 5.49. The number of thiophene rings is 1. The van der Waals surface area contributed by atoms with Crippen LogP contribution in [0.25, 0.3) is 0 Å². The lowest BCUT2D eigenvalue weighted by molar-refractivity contribution is 0.350. The summed E-state index contributed by atoms with van der Waals surface area (Å²) in [4.78, 5) is 0. The first-order chi connectivity index (χ1) is 3.93. The third kappa shape index (κ3) is 1.23. The molecule has 0 saturated heterocycles. The number of hydrogen-bond donors (Lipinski definition) is 0. The van der Waals surface area contributed by atoms with E-state index in [1.54, 1.807) is 0 Å². The number of ether oxygens (including phenoxy) is 1. The minimum Gasteiger partial charge on any atom is -0.484 e. The second kappa shape index (κ2) is 2.72. The van der Waals surface area contributed by atoms with Crippen molar-refractivity contribution in [3.05, 3.63) is 17.5 Å². The lowest BCUT2D eigenvalue weighted by Crippen LogP contribution is -1.86. The topological polar surface area (TPSA) is 9.23 Å². The maximum atomic E-state index is 5.13. The molecule has 43 valence electrons. The van der Waals surface area contributed by atoms with E-state index in [1.807, 2.05) is 19.1 Å². The second-order valence-corrected chi connectivity index (χ2v) is 2.15. The van der Waals surface area contributed by atoms with Gasteiger partial charge in [0.15, 0.2) is 5.06 Å². The molecule has 0 saturated carbocycles. The smallest absolute Gasteiger partial charge is 0.174 e. The van der Waals surface area contributed by atoms with Gasteiger partial charge in [-0.25, -0.2) is 0 Å². The number of hydrogen-bond acceptors (Lipinski definition) is 2. The minimum atomic E-state index is 0.744. The first-order valence-electron chi connectivity index (χ1n) is 2.52. The molecule has 0 spiro atoms. The van der Waals surface area contributed by atoms with Gasteiger partial charge in [0.25, 0.3) is 0 Å². The average Bonchev–Trinajstić information content (AvgIpc) is 2.19. The monoisotopic (exact) mass is 127 g/mol. The summed E-state index contributed by atoms with van der Waals surface area (Å²) < 4.78 is 5.13. The molecule has 0 atom stereocenters. The van der Waals surface area contributed by atoms with Crippen LogP contribution in [-0.4, -0.2) is 6.61 Å². The van der Waals surface area contributed by atoms with Gasteiger partial charge in [-0.15, -0.1) is 0 Å². The molecule has 0 aromatic carbocycles. The Balaban J connectivity index is 2.50. The lowest BCUT2D eigenvalue weighted by Gasteiger charge is -1.93. The summed E-state index contributed by atoms with van der Waals surface area (Å²) in [5, 5.41) is 3.88. The standard InChI is InChI=1S/C6H7OS/c1-2-7-6-4-3-5-8-6/h3-4H,2H2,1H3.